The third-order valence-corrected chi connectivity index (χ3v) is 2.21. The van der Waals surface area contributed by atoms with E-state index in [2.05, 4.69) is 10.6 Å². The Labute approximate surface area is 92.6 Å². The van der Waals surface area contributed by atoms with Gasteiger partial charge in [0.2, 0.25) is 0 Å². The second-order valence-electron chi connectivity index (χ2n) is 2.96. The van der Waals surface area contributed by atoms with E-state index in [1.807, 2.05) is 6.92 Å². The lowest BCUT2D eigenvalue weighted by Crippen LogP contribution is -2.24. The number of nitro benzene ring substituents is 1. The number of nitro groups is 1. The number of nitrogens with one attached hydrogen (secondary N) is 2. The molecule has 5 nitrogen and oxygen atoms in total. The number of hydrogen-bond donors (Lipinski definition) is 2. The molecule has 0 aliphatic carbocycles. The molecule has 0 aliphatic rings. The van der Waals surface area contributed by atoms with Crippen LogP contribution in [0.25, 0.3) is 0 Å². The van der Waals surface area contributed by atoms with Crippen molar-refractivity contribution in [2.24, 2.45) is 0 Å². The van der Waals surface area contributed by atoms with Crippen molar-refractivity contribution in [2.75, 3.05) is 12.4 Å². The Balaban J connectivity index is 3.00. The normalized spacial score (nSPS) is 9.47. The molecule has 0 radical (unpaired) electrons. The van der Waals surface area contributed by atoms with Gasteiger partial charge in [-0.05, 0) is 24.7 Å². The molecule has 0 unspecified atom stereocenters. The summed E-state index contributed by atoms with van der Waals surface area (Å²) < 4.78 is 0. The molecule has 0 fully saturated rings. The Hall–Kier alpha value is -1.69. The quantitative estimate of drug-likeness (QED) is 0.456. The highest BCUT2D eigenvalue weighted by Crippen LogP contribution is 2.21. The van der Waals surface area contributed by atoms with E-state index in [1.54, 1.807) is 13.1 Å². The lowest BCUT2D eigenvalue weighted by atomic mass is 10.2. The van der Waals surface area contributed by atoms with E-state index in [-0.39, 0.29) is 5.69 Å². The molecule has 0 aliphatic heterocycles. The minimum Gasteiger partial charge on any atom is -0.366 e. The first-order chi connectivity index (χ1) is 7.04. The second kappa shape index (κ2) is 4.70. The van der Waals surface area contributed by atoms with Crippen LogP contribution in [0.4, 0.5) is 11.4 Å². The molecule has 0 amide bonds. The Morgan fingerprint density at radius 2 is 2.20 bits per heavy atom. The fourth-order valence-electron chi connectivity index (χ4n) is 1.04. The summed E-state index contributed by atoms with van der Waals surface area (Å²) in [6.45, 7) is 1.85. The summed E-state index contributed by atoms with van der Waals surface area (Å²) in [5, 5.41) is 16.6. The molecule has 15 heavy (non-hydrogen) atoms. The molecule has 0 atom stereocenters. The summed E-state index contributed by atoms with van der Waals surface area (Å²) in [7, 11) is 1.68. The molecule has 0 saturated carbocycles. The van der Waals surface area contributed by atoms with Gasteiger partial charge in [-0.1, -0.05) is 6.07 Å². The van der Waals surface area contributed by atoms with Crippen molar-refractivity contribution in [3.63, 3.8) is 0 Å². The molecule has 0 saturated heterocycles. The van der Waals surface area contributed by atoms with Crippen LogP contribution in [0.15, 0.2) is 18.2 Å². The van der Waals surface area contributed by atoms with Gasteiger partial charge in [0.1, 0.15) is 0 Å². The van der Waals surface area contributed by atoms with Crippen LogP contribution in [-0.4, -0.2) is 17.1 Å². The fourth-order valence-corrected chi connectivity index (χ4v) is 1.15. The summed E-state index contributed by atoms with van der Waals surface area (Å²) in [5.41, 5.74) is 1.59. The van der Waals surface area contributed by atoms with Crippen LogP contribution in [0.5, 0.6) is 0 Å². The van der Waals surface area contributed by atoms with Gasteiger partial charge >= 0.3 is 0 Å². The van der Waals surface area contributed by atoms with Gasteiger partial charge in [-0.3, -0.25) is 10.1 Å². The van der Waals surface area contributed by atoms with Gasteiger partial charge in [0.05, 0.1) is 4.92 Å². The SMILES string of the molecule is CNC(=S)Nc1cc([N+](=O)[O-])ccc1C. The highest BCUT2D eigenvalue weighted by Gasteiger charge is 2.08. The van der Waals surface area contributed by atoms with Crippen LogP contribution in [-0.2, 0) is 0 Å². The molecule has 0 bridgehead atoms. The minimum atomic E-state index is -0.437. The summed E-state index contributed by atoms with van der Waals surface area (Å²) >= 11 is 4.91. The Morgan fingerprint density at radius 3 is 2.73 bits per heavy atom. The maximum Gasteiger partial charge on any atom is 0.271 e. The number of aryl methyl sites for hydroxylation is 1. The third kappa shape index (κ3) is 2.88. The van der Waals surface area contributed by atoms with Crippen LogP contribution in [0.3, 0.4) is 0 Å². The zero-order valence-corrected chi connectivity index (χ0v) is 9.22. The van der Waals surface area contributed by atoms with Crippen molar-refractivity contribution in [2.45, 2.75) is 6.92 Å². The topological polar surface area (TPSA) is 67.2 Å². The van der Waals surface area contributed by atoms with Crippen LogP contribution in [0.2, 0.25) is 0 Å². The Kier molecular flexibility index (Phi) is 3.56. The largest absolute Gasteiger partial charge is 0.366 e. The van der Waals surface area contributed by atoms with Gasteiger partial charge in [0.25, 0.3) is 5.69 Å². The predicted octanol–water partition coefficient (Wildman–Crippen LogP) is 1.82. The van der Waals surface area contributed by atoms with Gasteiger partial charge < -0.3 is 10.6 Å². The first-order valence-electron chi connectivity index (χ1n) is 4.28. The van der Waals surface area contributed by atoms with Crippen LogP contribution >= 0.6 is 12.2 Å². The molecule has 0 heterocycles. The molecule has 6 heteroatoms. The number of nitrogens with zero attached hydrogens (tertiary/aromatic N) is 1. The van der Waals surface area contributed by atoms with E-state index >= 15 is 0 Å². The van der Waals surface area contributed by atoms with Crippen molar-refractivity contribution in [1.29, 1.82) is 0 Å². The summed E-state index contributed by atoms with van der Waals surface area (Å²) in [5.74, 6) is 0. The van der Waals surface area contributed by atoms with E-state index in [0.29, 0.717) is 10.8 Å². The molecular weight excluding hydrogens is 214 g/mol. The zero-order valence-electron chi connectivity index (χ0n) is 8.40. The average molecular weight is 225 g/mol. The summed E-state index contributed by atoms with van der Waals surface area (Å²) in [6, 6.07) is 4.60. The van der Waals surface area contributed by atoms with Gasteiger partial charge in [-0.2, -0.15) is 0 Å². The van der Waals surface area contributed by atoms with E-state index in [9.17, 15) is 10.1 Å². The highest BCUT2D eigenvalue weighted by atomic mass is 32.1. The molecule has 1 aromatic rings. The first kappa shape index (κ1) is 11.4. The number of rotatable bonds is 2. The number of anilines is 1. The van der Waals surface area contributed by atoms with Crippen LogP contribution in [0.1, 0.15) is 5.56 Å². The lowest BCUT2D eigenvalue weighted by Gasteiger charge is -2.09. The molecule has 2 N–H and O–H groups in total. The number of benzene rings is 1. The lowest BCUT2D eigenvalue weighted by molar-refractivity contribution is -0.384. The van der Waals surface area contributed by atoms with E-state index < -0.39 is 4.92 Å². The van der Waals surface area contributed by atoms with Crippen molar-refractivity contribution in [3.8, 4) is 0 Å². The molecule has 1 aromatic carbocycles. The van der Waals surface area contributed by atoms with E-state index in [0.717, 1.165) is 5.56 Å². The molecule has 0 aromatic heterocycles. The molecule has 0 spiro atoms. The molecule has 1 rings (SSSR count). The predicted molar refractivity (Wildman–Crippen MR) is 63.1 cm³/mol. The average Bonchev–Trinajstić information content (AvgIpc) is 2.20. The molecular formula is C9H11N3O2S. The number of thiocarbonyl (C=S) groups is 1. The second-order valence-corrected chi connectivity index (χ2v) is 3.37. The van der Waals surface area contributed by atoms with Crippen LogP contribution in [0, 0.1) is 17.0 Å². The van der Waals surface area contributed by atoms with Gasteiger partial charge in [-0.25, -0.2) is 0 Å². The maximum atomic E-state index is 10.5. The summed E-state index contributed by atoms with van der Waals surface area (Å²) in [6.07, 6.45) is 0. The zero-order chi connectivity index (χ0) is 11.4. The Bertz CT molecular complexity index is 406. The fraction of sp³-hybridized carbons (Fsp3) is 0.222. The smallest absolute Gasteiger partial charge is 0.271 e. The van der Waals surface area contributed by atoms with E-state index in [1.165, 1.54) is 12.1 Å². The van der Waals surface area contributed by atoms with Crippen molar-refractivity contribution < 1.29 is 4.92 Å². The summed E-state index contributed by atoms with van der Waals surface area (Å²) in [4.78, 5) is 10.1. The van der Waals surface area contributed by atoms with Crippen molar-refractivity contribution in [3.05, 3.63) is 33.9 Å². The van der Waals surface area contributed by atoms with Gasteiger partial charge in [0, 0.05) is 24.9 Å². The minimum absolute atomic E-state index is 0.0435. The number of hydrogen-bond acceptors (Lipinski definition) is 3. The monoisotopic (exact) mass is 225 g/mol. The van der Waals surface area contributed by atoms with Crippen molar-refractivity contribution in [1.82, 2.24) is 5.32 Å². The standard InChI is InChI=1S/C9H11N3O2S/c1-6-3-4-7(12(13)14)5-8(6)11-9(15)10-2/h3-5H,1-2H3,(H2,10,11,15). The third-order valence-electron chi connectivity index (χ3n) is 1.91. The Morgan fingerprint density at radius 1 is 1.53 bits per heavy atom. The first-order valence-corrected chi connectivity index (χ1v) is 4.69. The number of non-ortho nitro benzene ring substituents is 1. The van der Waals surface area contributed by atoms with E-state index in [4.69, 9.17) is 12.2 Å². The van der Waals surface area contributed by atoms with Gasteiger partial charge in [0.15, 0.2) is 5.11 Å². The maximum absolute atomic E-state index is 10.5. The highest BCUT2D eigenvalue weighted by molar-refractivity contribution is 7.80. The van der Waals surface area contributed by atoms with Crippen LogP contribution < -0.4 is 10.6 Å². The van der Waals surface area contributed by atoms with Gasteiger partial charge in [-0.15, -0.1) is 0 Å². The van der Waals surface area contributed by atoms with Crippen molar-refractivity contribution >= 4 is 28.7 Å². The molecule has 80 valence electrons.